The highest BCUT2D eigenvalue weighted by atomic mass is 16.5. The van der Waals surface area contributed by atoms with E-state index in [9.17, 15) is 5.21 Å². The molecule has 1 fully saturated rings. The maximum Gasteiger partial charge on any atom is 0.0784 e. The van der Waals surface area contributed by atoms with Gasteiger partial charge in [-0.3, -0.25) is 0 Å². The Balaban J connectivity index is 2.41. The molecule has 0 aliphatic carbocycles. The normalized spacial score (nSPS) is 42.9. The zero-order valence-corrected chi connectivity index (χ0v) is 6.97. The number of nitrogens with zero attached hydrogens (tertiary/aromatic N) is 1. The maximum absolute atomic E-state index is 11.4. The zero-order valence-electron chi connectivity index (χ0n) is 6.97. The molecule has 10 heavy (non-hydrogen) atoms. The minimum atomic E-state index is -0.00958. The van der Waals surface area contributed by atoms with Crippen molar-refractivity contribution in [3.63, 3.8) is 0 Å². The first-order valence-corrected chi connectivity index (χ1v) is 4.16. The largest absolute Gasteiger partial charge is 0.633 e. The topological polar surface area (TPSA) is 23.1 Å². The third-order valence-electron chi connectivity index (χ3n) is 2.42. The molecule has 2 heteroatoms. The smallest absolute Gasteiger partial charge is 0.0784 e. The summed E-state index contributed by atoms with van der Waals surface area (Å²) in [7, 11) is 1.79. The van der Waals surface area contributed by atoms with Gasteiger partial charge in [0, 0.05) is 0 Å². The second kappa shape index (κ2) is 2.89. The molecule has 2 unspecified atom stereocenters. The van der Waals surface area contributed by atoms with Crippen molar-refractivity contribution in [1.82, 2.24) is 0 Å². The highest BCUT2D eigenvalue weighted by Gasteiger charge is 2.17. The van der Waals surface area contributed by atoms with E-state index in [0.29, 0.717) is 0 Å². The average Bonchev–Trinajstić information content (AvgIpc) is 1.94. The van der Waals surface area contributed by atoms with Crippen LogP contribution in [-0.4, -0.2) is 24.8 Å². The monoisotopic (exact) mass is 143 g/mol. The highest BCUT2D eigenvalue weighted by molar-refractivity contribution is 4.58. The molecule has 0 aromatic heterocycles. The highest BCUT2D eigenvalue weighted by Crippen LogP contribution is 2.19. The number of hydroxylamine groups is 3. The summed E-state index contributed by atoms with van der Waals surface area (Å²) in [5, 5.41) is 11.4. The van der Waals surface area contributed by atoms with E-state index in [4.69, 9.17) is 0 Å². The molecule has 0 amide bonds. The second-order valence-electron chi connectivity index (χ2n) is 3.78. The van der Waals surface area contributed by atoms with E-state index in [0.717, 1.165) is 31.8 Å². The summed E-state index contributed by atoms with van der Waals surface area (Å²) in [4.78, 5) is 0. The van der Waals surface area contributed by atoms with Gasteiger partial charge in [0.1, 0.15) is 0 Å². The van der Waals surface area contributed by atoms with E-state index < -0.39 is 0 Å². The van der Waals surface area contributed by atoms with Crippen LogP contribution < -0.4 is 0 Å². The third-order valence-corrected chi connectivity index (χ3v) is 2.42. The molecule has 1 aliphatic rings. The molecule has 1 saturated heterocycles. The lowest BCUT2D eigenvalue weighted by molar-refractivity contribution is -0.859. The Hall–Kier alpha value is -0.0800. The molecular weight excluding hydrogens is 126 g/mol. The van der Waals surface area contributed by atoms with Gasteiger partial charge in [0.2, 0.25) is 0 Å². The molecule has 0 aromatic rings. The van der Waals surface area contributed by atoms with Gasteiger partial charge in [-0.25, -0.2) is 0 Å². The van der Waals surface area contributed by atoms with Gasteiger partial charge in [-0.15, -0.1) is 0 Å². The van der Waals surface area contributed by atoms with Gasteiger partial charge in [0.05, 0.1) is 20.1 Å². The fourth-order valence-electron chi connectivity index (χ4n) is 1.52. The zero-order chi connectivity index (χ0) is 7.61. The number of quaternary nitrogens is 1. The van der Waals surface area contributed by atoms with Gasteiger partial charge in [0.25, 0.3) is 0 Å². The first-order chi connectivity index (χ1) is 4.60. The van der Waals surface area contributed by atoms with Crippen molar-refractivity contribution in [1.29, 1.82) is 0 Å². The van der Waals surface area contributed by atoms with E-state index in [1.54, 1.807) is 7.05 Å². The van der Waals surface area contributed by atoms with Crippen LogP contribution in [0.2, 0.25) is 0 Å². The van der Waals surface area contributed by atoms with Gasteiger partial charge in [-0.05, 0) is 25.2 Å². The lowest BCUT2D eigenvalue weighted by Gasteiger charge is -2.37. The Morgan fingerprint density at radius 2 is 2.00 bits per heavy atom. The van der Waals surface area contributed by atoms with Crippen molar-refractivity contribution in [2.45, 2.75) is 26.2 Å². The predicted octanol–water partition coefficient (Wildman–Crippen LogP) is 1.75. The molecule has 0 bridgehead atoms. The standard InChI is InChI=1S/C8H17NO/c1-8-4-3-6-9(2,10)7-5-8/h8H,3-7H2,1-2H3. The van der Waals surface area contributed by atoms with Gasteiger partial charge in [0.15, 0.2) is 0 Å². The molecule has 0 saturated carbocycles. The van der Waals surface area contributed by atoms with Crippen LogP contribution in [0, 0.1) is 11.1 Å². The molecule has 1 heterocycles. The van der Waals surface area contributed by atoms with Crippen LogP contribution in [0.5, 0.6) is 0 Å². The van der Waals surface area contributed by atoms with Crippen molar-refractivity contribution >= 4 is 0 Å². The summed E-state index contributed by atoms with van der Waals surface area (Å²) >= 11 is 0. The van der Waals surface area contributed by atoms with Crippen molar-refractivity contribution in [3.05, 3.63) is 5.21 Å². The molecule has 0 aromatic carbocycles. The molecule has 2 atom stereocenters. The van der Waals surface area contributed by atoms with Gasteiger partial charge in [-0.2, -0.15) is 0 Å². The Morgan fingerprint density at radius 3 is 2.70 bits per heavy atom. The molecular formula is C8H17NO. The SMILES string of the molecule is CC1CCC[N+](C)([O-])CC1. The van der Waals surface area contributed by atoms with Crippen LogP contribution in [0.4, 0.5) is 0 Å². The molecule has 0 N–H and O–H groups in total. The third kappa shape index (κ3) is 2.27. The fourth-order valence-corrected chi connectivity index (χ4v) is 1.52. The van der Waals surface area contributed by atoms with Crippen LogP contribution >= 0.6 is 0 Å². The Morgan fingerprint density at radius 1 is 1.30 bits per heavy atom. The number of rotatable bonds is 0. The molecule has 1 rings (SSSR count). The summed E-state index contributed by atoms with van der Waals surface area (Å²) in [6.07, 6.45) is 3.47. The number of likely N-dealkylation sites (tertiary alicyclic amines) is 1. The van der Waals surface area contributed by atoms with Crippen molar-refractivity contribution in [3.8, 4) is 0 Å². The quantitative estimate of drug-likeness (QED) is 0.374. The van der Waals surface area contributed by atoms with Crippen LogP contribution in [0.25, 0.3) is 0 Å². The molecule has 1 aliphatic heterocycles. The molecule has 60 valence electrons. The van der Waals surface area contributed by atoms with Crippen molar-refractivity contribution in [2.75, 3.05) is 20.1 Å². The Kier molecular flexibility index (Phi) is 2.32. The van der Waals surface area contributed by atoms with E-state index in [1.165, 1.54) is 6.42 Å². The van der Waals surface area contributed by atoms with Crippen LogP contribution in [-0.2, 0) is 0 Å². The number of hydrogen-bond donors (Lipinski definition) is 0. The van der Waals surface area contributed by atoms with E-state index in [-0.39, 0.29) is 4.65 Å². The van der Waals surface area contributed by atoms with Gasteiger partial charge in [-0.1, -0.05) is 6.92 Å². The molecule has 0 radical (unpaired) electrons. The minimum absolute atomic E-state index is 0.00958. The van der Waals surface area contributed by atoms with Gasteiger partial charge >= 0.3 is 0 Å². The summed E-state index contributed by atoms with van der Waals surface area (Å²) in [5.41, 5.74) is 0. The Labute approximate surface area is 63.0 Å². The minimum Gasteiger partial charge on any atom is -0.633 e. The van der Waals surface area contributed by atoms with Crippen molar-refractivity contribution in [2.24, 2.45) is 5.92 Å². The van der Waals surface area contributed by atoms with Crippen LogP contribution in [0.15, 0.2) is 0 Å². The number of hydrogen-bond acceptors (Lipinski definition) is 1. The summed E-state index contributed by atoms with van der Waals surface area (Å²) in [5.74, 6) is 0.772. The average molecular weight is 143 g/mol. The summed E-state index contributed by atoms with van der Waals surface area (Å²) in [6.45, 7) is 3.89. The van der Waals surface area contributed by atoms with Gasteiger partial charge < -0.3 is 9.85 Å². The summed E-state index contributed by atoms with van der Waals surface area (Å²) in [6, 6.07) is 0. The van der Waals surface area contributed by atoms with Crippen LogP contribution in [0.3, 0.4) is 0 Å². The second-order valence-corrected chi connectivity index (χ2v) is 3.78. The first-order valence-electron chi connectivity index (χ1n) is 4.16. The molecule has 0 spiro atoms. The Bertz CT molecular complexity index is 112. The van der Waals surface area contributed by atoms with E-state index in [2.05, 4.69) is 6.92 Å². The van der Waals surface area contributed by atoms with Crippen molar-refractivity contribution < 1.29 is 4.65 Å². The van der Waals surface area contributed by atoms with Crippen LogP contribution in [0.1, 0.15) is 26.2 Å². The molecule has 2 nitrogen and oxygen atoms in total. The lowest BCUT2D eigenvalue weighted by Crippen LogP contribution is -2.38. The lowest BCUT2D eigenvalue weighted by atomic mass is 10.0. The fraction of sp³-hybridized carbons (Fsp3) is 1.00. The first kappa shape index (κ1) is 8.02. The van der Waals surface area contributed by atoms with E-state index in [1.807, 2.05) is 0 Å². The van der Waals surface area contributed by atoms with E-state index >= 15 is 0 Å². The maximum atomic E-state index is 11.4. The summed E-state index contributed by atoms with van der Waals surface area (Å²) < 4.78 is -0.00958. The predicted molar refractivity (Wildman–Crippen MR) is 42.3 cm³/mol.